The van der Waals surface area contributed by atoms with E-state index in [9.17, 15) is 4.79 Å². The average molecular weight is 224 g/mol. The molecule has 78 valence electrons. The fraction of sp³-hybridized carbons (Fsp3) is 0.182. The molecule has 1 aromatic carbocycles. The van der Waals surface area contributed by atoms with Gasteiger partial charge in [0, 0.05) is 22.2 Å². The lowest BCUT2D eigenvalue weighted by atomic mass is 10.2. The Morgan fingerprint density at radius 2 is 2.33 bits per heavy atom. The first-order valence-electron chi connectivity index (χ1n) is 4.37. The van der Waals surface area contributed by atoms with Gasteiger partial charge in [-0.1, -0.05) is 17.5 Å². The monoisotopic (exact) mass is 223 g/mol. The van der Waals surface area contributed by atoms with Crippen LogP contribution in [0.25, 0.3) is 0 Å². The highest BCUT2D eigenvalue weighted by Gasteiger charge is 1.98. The van der Waals surface area contributed by atoms with Crippen LogP contribution in [0.1, 0.15) is 12.5 Å². The zero-order valence-corrected chi connectivity index (χ0v) is 8.97. The fourth-order valence-corrected chi connectivity index (χ4v) is 1.09. The fourth-order valence-electron chi connectivity index (χ4n) is 0.922. The number of hydrogen-bond donors (Lipinski definition) is 1. The molecular weight excluding hydrogens is 214 g/mol. The molecule has 0 saturated heterocycles. The van der Waals surface area contributed by atoms with Gasteiger partial charge in [-0.3, -0.25) is 0 Å². The molecule has 0 radical (unpaired) electrons. The number of carbonyl (C=O) groups excluding carboxylic acids is 1. The van der Waals surface area contributed by atoms with Crippen LogP contribution in [0.4, 0.5) is 5.69 Å². The quantitative estimate of drug-likeness (QED) is 0.449. The number of esters is 1. The number of benzene rings is 1. The molecule has 0 saturated carbocycles. The summed E-state index contributed by atoms with van der Waals surface area (Å²) in [4.78, 5) is 10.9. The van der Waals surface area contributed by atoms with E-state index >= 15 is 0 Å². The first kappa shape index (κ1) is 11.4. The number of carbonyl (C=O) groups is 1. The molecule has 15 heavy (non-hydrogen) atoms. The van der Waals surface area contributed by atoms with E-state index in [1.165, 1.54) is 0 Å². The molecule has 0 aliphatic heterocycles. The van der Waals surface area contributed by atoms with Crippen LogP contribution in [-0.4, -0.2) is 12.6 Å². The van der Waals surface area contributed by atoms with Crippen molar-refractivity contribution in [3.8, 4) is 11.8 Å². The smallest absolute Gasteiger partial charge is 0.384 e. The predicted molar refractivity (Wildman–Crippen MR) is 59.4 cm³/mol. The van der Waals surface area contributed by atoms with Gasteiger partial charge in [0.2, 0.25) is 0 Å². The van der Waals surface area contributed by atoms with E-state index in [1.54, 1.807) is 25.1 Å². The third kappa shape index (κ3) is 3.53. The van der Waals surface area contributed by atoms with Crippen molar-refractivity contribution in [2.24, 2.45) is 0 Å². The van der Waals surface area contributed by atoms with Gasteiger partial charge in [0.1, 0.15) is 0 Å². The SMILES string of the molecule is CCOC(=O)C#Cc1cc(Cl)ccc1N. The standard InChI is InChI=1S/C11H10ClNO2/c1-2-15-11(14)6-3-8-7-9(12)4-5-10(8)13/h4-5,7H,2,13H2,1H3. The van der Waals surface area contributed by atoms with Gasteiger partial charge in [0.05, 0.1) is 6.61 Å². The maximum Gasteiger partial charge on any atom is 0.384 e. The summed E-state index contributed by atoms with van der Waals surface area (Å²) in [6.07, 6.45) is 0. The largest absolute Gasteiger partial charge is 0.456 e. The van der Waals surface area contributed by atoms with E-state index in [2.05, 4.69) is 16.6 Å². The molecule has 1 rings (SSSR count). The normalized spacial score (nSPS) is 8.93. The van der Waals surface area contributed by atoms with Crippen molar-refractivity contribution in [3.63, 3.8) is 0 Å². The Balaban J connectivity index is 2.88. The van der Waals surface area contributed by atoms with E-state index in [4.69, 9.17) is 17.3 Å². The molecule has 0 fully saturated rings. The number of anilines is 1. The lowest BCUT2D eigenvalue weighted by Crippen LogP contribution is -2.00. The summed E-state index contributed by atoms with van der Waals surface area (Å²) in [7, 11) is 0. The molecule has 0 bridgehead atoms. The maximum absolute atomic E-state index is 10.9. The predicted octanol–water partition coefficient (Wildman–Crippen LogP) is 1.84. The van der Waals surface area contributed by atoms with Gasteiger partial charge in [-0.25, -0.2) is 4.79 Å². The molecule has 1 aromatic rings. The Labute approximate surface area is 93.2 Å². The van der Waals surface area contributed by atoms with Crippen molar-refractivity contribution in [1.82, 2.24) is 0 Å². The molecule has 0 unspecified atom stereocenters. The highest BCUT2D eigenvalue weighted by atomic mass is 35.5. The molecule has 0 atom stereocenters. The summed E-state index contributed by atoms with van der Waals surface area (Å²) < 4.78 is 4.65. The maximum atomic E-state index is 10.9. The van der Waals surface area contributed by atoms with Crippen molar-refractivity contribution in [3.05, 3.63) is 28.8 Å². The van der Waals surface area contributed by atoms with Gasteiger partial charge in [0.15, 0.2) is 0 Å². The second-order valence-electron chi connectivity index (χ2n) is 2.70. The van der Waals surface area contributed by atoms with Crippen molar-refractivity contribution in [2.75, 3.05) is 12.3 Å². The van der Waals surface area contributed by atoms with Gasteiger partial charge in [-0.15, -0.1) is 0 Å². The van der Waals surface area contributed by atoms with Crippen LogP contribution < -0.4 is 5.73 Å². The molecule has 0 spiro atoms. The second kappa shape index (κ2) is 5.28. The van der Waals surface area contributed by atoms with E-state index in [0.717, 1.165) is 0 Å². The van der Waals surface area contributed by atoms with Crippen LogP contribution in [-0.2, 0) is 9.53 Å². The third-order valence-electron chi connectivity index (χ3n) is 1.59. The number of nitrogen functional groups attached to an aromatic ring is 1. The Hall–Kier alpha value is -1.66. The number of nitrogens with two attached hydrogens (primary N) is 1. The molecule has 0 aromatic heterocycles. The average Bonchev–Trinajstić information content (AvgIpc) is 2.20. The highest BCUT2D eigenvalue weighted by Crippen LogP contribution is 2.16. The Morgan fingerprint density at radius 1 is 1.60 bits per heavy atom. The molecule has 2 N–H and O–H groups in total. The van der Waals surface area contributed by atoms with Gasteiger partial charge in [-0.2, -0.15) is 0 Å². The molecule has 0 aliphatic rings. The van der Waals surface area contributed by atoms with Crippen LogP contribution in [0, 0.1) is 11.8 Å². The topological polar surface area (TPSA) is 52.3 Å². The van der Waals surface area contributed by atoms with Crippen LogP contribution in [0.5, 0.6) is 0 Å². The molecule has 4 heteroatoms. The summed E-state index contributed by atoms with van der Waals surface area (Å²) in [6, 6.07) is 4.90. The third-order valence-corrected chi connectivity index (χ3v) is 1.83. The first-order chi connectivity index (χ1) is 7.13. The summed E-state index contributed by atoms with van der Waals surface area (Å²) in [5.41, 5.74) is 6.64. The molecule has 3 nitrogen and oxygen atoms in total. The van der Waals surface area contributed by atoms with Crippen molar-refractivity contribution < 1.29 is 9.53 Å². The van der Waals surface area contributed by atoms with E-state index < -0.39 is 5.97 Å². The van der Waals surface area contributed by atoms with Crippen LogP contribution >= 0.6 is 11.6 Å². The van der Waals surface area contributed by atoms with Crippen LogP contribution in [0.15, 0.2) is 18.2 Å². The summed E-state index contributed by atoms with van der Waals surface area (Å²) in [5, 5.41) is 0.525. The summed E-state index contributed by atoms with van der Waals surface area (Å²) in [6.45, 7) is 2.02. The minimum Gasteiger partial charge on any atom is -0.456 e. The zero-order chi connectivity index (χ0) is 11.3. The lowest BCUT2D eigenvalue weighted by Gasteiger charge is -1.97. The minimum absolute atomic E-state index is 0.304. The van der Waals surface area contributed by atoms with Crippen LogP contribution in [0.2, 0.25) is 5.02 Å². The summed E-state index contributed by atoms with van der Waals surface area (Å²) in [5.74, 6) is 4.35. The molecule has 0 aliphatic carbocycles. The Bertz CT molecular complexity index is 432. The number of ether oxygens (including phenoxy) is 1. The Morgan fingerprint density at radius 3 is 3.00 bits per heavy atom. The van der Waals surface area contributed by atoms with Crippen LogP contribution in [0.3, 0.4) is 0 Å². The highest BCUT2D eigenvalue weighted by molar-refractivity contribution is 6.30. The van der Waals surface area contributed by atoms with Gasteiger partial charge < -0.3 is 10.5 Å². The van der Waals surface area contributed by atoms with Gasteiger partial charge in [-0.05, 0) is 25.1 Å². The summed E-state index contributed by atoms with van der Waals surface area (Å²) >= 11 is 5.75. The second-order valence-corrected chi connectivity index (χ2v) is 3.14. The number of hydrogen-bond acceptors (Lipinski definition) is 3. The zero-order valence-electron chi connectivity index (χ0n) is 8.21. The van der Waals surface area contributed by atoms with Crippen molar-refractivity contribution in [1.29, 1.82) is 0 Å². The van der Waals surface area contributed by atoms with E-state index in [-0.39, 0.29) is 0 Å². The number of halogens is 1. The molecular formula is C11H10ClNO2. The number of rotatable bonds is 1. The van der Waals surface area contributed by atoms with Gasteiger partial charge >= 0.3 is 5.97 Å². The minimum atomic E-state index is -0.572. The van der Waals surface area contributed by atoms with Crippen molar-refractivity contribution in [2.45, 2.75) is 6.92 Å². The van der Waals surface area contributed by atoms with Gasteiger partial charge in [0.25, 0.3) is 0 Å². The van der Waals surface area contributed by atoms with Crippen molar-refractivity contribution >= 4 is 23.3 Å². The molecule has 0 heterocycles. The lowest BCUT2D eigenvalue weighted by molar-refractivity contribution is -0.136. The van der Waals surface area contributed by atoms with E-state index in [1.807, 2.05) is 0 Å². The molecule has 0 amide bonds. The Kier molecular flexibility index (Phi) is 4.02. The first-order valence-corrected chi connectivity index (χ1v) is 4.75. The van der Waals surface area contributed by atoms with E-state index in [0.29, 0.717) is 22.9 Å².